The van der Waals surface area contributed by atoms with Crippen LogP contribution in [0.1, 0.15) is 26.7 Å². The molecule has 2 aliphatic rings. The fraction of sp³-hybridized carbons (Fsp3) is 1.00. The van der Waals surface area contributed by atoms with Crippen LogP contribution in [0.5, 0.6) is 0 Å². The second-order valence-electron chi connectivity index (χ2n) is 4.92. The first-order valence-electron chi connectivity index (χ1n) is 5.26. The third kappa shape index (κ3) is 3.09. The summed E-state index contributed by atoms with van der Waals surface area (Å²) in [6.45, 7) is 7.58. The van der Waals surface area contributed by atoms with Crippen molar-refractivity contribution in [2.24, 2.45) is 5.92 Å². The summed E-state index contributed by atoms with van der Waals surface area (Å²) in [4.78, 5) is 0. The molecule has 0 aromatic heterocycles. The second-order valence-corrected chi connectivity index (χ2v) is 4.92. The molecule has 0 radical (unpaired) electrons. The van der Waals surface area contributed by atoms with E-state index >= 15 is 0 Å². The van der Waals surface area contributed by atoms with Crippen molar-refractivity contribution in [1.82, 2.24) is 10.6 Å². The zero-order valence-corrected chi connectivity index (χ0v) is 9.82. The maximum Gasteiger partial charge on any atom is 0.109 e. The lowest BCUT2D eigenvalue weighted by Gasteiger charge is -2.18. The van der Waals surface area contributed by atoms with Crippen molar-refractivity contribution in [2.45, 2.75) is 38.5 Å². The monoisotopic (exact) mass is 220 g/mol. The van der Waals surface area contributed by atoms with Gasteiger partial charge in [-0.25, -0.2) is 0 Å². The van der Waals surface area contributed by atoms with Gasteiger partial charge in [0.15, 0.2) is 0 Å². The Kier molecular flexibility index (Phi) is 4.19. The third-order valence-corrected chi connectivity index (χ3v) is 2.91. The summed E-state index contributed by atoms with van der Waals surface area (Å²) in [7, 11) is 0. The average Bonchev–Trinajstić information content (AvgIpc) is 2.61. The summed E-state index contributed by atoms with van der Waals surface area (Å²) in [5.41, 5.74) is 0.177. The molecule has 4 heteroatoms. The molecule has 2 atom stereocenters. The van der Waals surface area contributed by atoms with Gasteiger partial charge in [0, 0.05) is 5.54 Å². The molecule has 2 saturated heterocycles. The van der Waals surface area contributed by atoms with Crippen LogP contribution in [-0.4, -0.2) is 31.5 Å². The van der Waals surface area contributed by atoms with Crippen LogP contribution >= 0.6 is 12.4 Å². The normalized spacial score (nSPS) is 35.6. The van der Waals surface area contributed by atoms with Gasteiger partial charge in [0.1, 0.15) is 6.23 Å². The molecular formula is C10H21ClN2O. The minimum atomic E-state index is 0. The number of ether oxygens (including phenoxy) is 1. The fourth-order valence-electron chi connectivity index (χ4n) is 2.17. The minimum absolute atomic E-state index is 0. The number of nitrogens with one attached hydrogen (secondary N) is 2. The van der Waals surface area contributed by atoms with Gasteiger partial charge in [0.25, 0.3) is 0 Å². The van der Waals surface area contributed by atoms with E-state index in [-0.39, 0.29) is 17.9 Å². The molecule has 84 valence electrons. The second kappa shape index (κ2) is 4.79. The molecule has 0 aromatic carbocycles. The molecular weight excluding hydrogens is 200 g/mol. The highest BCUT2D eigenvalue weighted by atomic mass is 35.5. The zero-order valence-electron chi connectivity index (χ0n) is 9.01. The fourth-order valence-corrected chi connectivity index (χ4v) is 2.17. The van der Waals surface area contributed by atoms with Crippen molar-refractivity contribution in [3.63, 3.8) is 0 Å². The van der Waals surface area contributed by atoms with Crippen LogP contribution in [-0.2, 0) is 4.74 Å². The van der Waals surface area contributed by atoms with Gasteiger partial charge in [-0.3, -0.25) is 5.32 Å². The summed E-state index contributed by atoms with van der Waals surface area (Å²) < 4.78 is 5.69. The lowest BCUT2D eigenvalue weighted by atomic mass is 10.0. The topological polar surface area (TPSA) is 33.3 Å². The van der Waals surface area contributed by atoms with E-state index in [0.29, 0.717) is 6.23 Å². The first-order valence-corrected chi connectivity index (χ1v) is 5.26. The molecule has 0 amide bonds. The summed E-state index contributed by atoms with van der Waals surface area (Å²) >= 11 is 0. The van der Waals surface area contributed by atoms with Gasteiger partial charge >= 0.3 is 0 Å². The van der Waals surface area contributed by atoms with Crippen LogP contribution in [0.4, 0.5) is 0 Å². The molecule has 0 aromatic rings. The van der Waals surface area contributed by atoms with Gasteiger partial charge in [0.05, 0.1) is 6.61 Å². The predicted octanol–water partition coefficient (Wildman–Crippen LogP) is 1.13. The van der Waals surface area contributed by atoms with Crippen molar-refractivity contribution in [2.75, 3.05) is 19.7 Å². The lowest BCUT2D eigenvalue weighted by Crippen LogP contribution is -2.39. The third-order valence-electron chi connectivity index (χ3n) is 2.91. The van der Waals surface area contributed by atoms with Gasteiger partial charge in [-0.15, -0.1) is 12.4 Å². The van der Waals surface area contributed by atoms with Crippen molar-refractivity contribution in [1.29, 1.82) is 0 Å². The van der Waals surface area contributed by atoms with Crippen molar-refractivity contribution < 1.29 is 4.74 Å². The van der Waals surface area contributed by atoms with Gasteiger partial charge < -0.3 is 10.1 Å². The number of hydrogen-bond donors (Lipinski definition) is 2. The van der Waals surface area contributed by atoms with Crippen LogP contribution in [0.25, 0.3) is 0 Å². The molecule has 2 rings (SSSR count). The van der Waals surface area contributed by atoms with Gasteiger partial charge in [0.2, 0.25) is 0 Å². The molecule has 2 unspecified atom stereocenters. The summed E-state index contributed by atoms with van der Waals surface area (Å²) in [5.74, 6) is 0.811. The largest absolute Gasteiger partial charge is 0.361 e. The molecule has 0 bridgehead atoms. The van der Waals surface area contributed by atoms with Gasteiger partial charge in [-0.2, -0.15) is 0 Å². The highest BCUT2D eigenvalue weighted by molar-refractivity contribution is 5.85. The Bertz CT molecular complexity index is 181. The average molecular weight is 221 g/mol. The Hall–Kier alpha value is 0.170. The summed E-state index contributed by atoms with van der Waals surface area (Å²) in [6.07, 6.45) is 2.76. The predicted molar refractivity (Wildman–Crippen MR) is 59.8 cm³/mol. The molecule has 2 N–H and O–H groups in total. The standard InChI is InChI=1S/C10H20N2O.ClH/c1-10(2)7-13-9(12-10)5-8-3-4-11-6-8;/h8-9,11-12H,3-7H2,1-2H3;1H. The Morgan fingerprint density at radius 3 is 2.71 bits per heavy atom. The maximum atomic E-state index is 5.69. The molecule has 14 heavy (non-hydrogen) atoms. The Morgan fingerprint density at radius 2 is 2.21 bits per heavy atom. The minimum Gasteiger partial charge on any atom is -0.361 e. The molecule has 0 aliphatic carbocycles. The SMILES string of the molecule is CC1(C)COC(CC2CCNC2)N1.Cl. The van der Waals surface area contributed by atoms with E-state index in [9.17, 15) is 0 Å². The molecule has 2 heterocycles. The van der Waals surface area contributed by atoms with Crippen LogP contribution < -0.4 is 10.6 Å². The van der Waals surface area contributed by atoms with E-state index in [2.05, 4.69) is 24.5 Å². The Balaban J connectivity index is 0.000000980. The van der Waals surface area contributed by atoms with Gasteiger partial charge in [-0.05, 0) is 45.7 Å². The Morgan fingerprint density at radius 1 is 1.43 bits per heavy atom. The van der Waals surface area contributed by atoms with Gasteiger partial charge in [-0.1, -0.05) is 0 Å². The van der Waals surface area contributed by atoms with Crippen molar-refractivity contribution in [3.05, 3.63) is 0 Å². The highest BCUT2D eigenvalue weighted by Crippen LogP contribution is 2.21. The van der Waals surface area contributed by atoms with Crippen LogP contribution in [0.2, 0.25) is 0 Å². The molecule has 2 aliphatic heterocycles. The van der Waals surface area contributed by atoms with E-state index in [1.165, 1.54) is 19.5 Å². The van der Waals surface area contributed by atoms with E-state index in [1.807, 2.05) is 0 Å². The highest BCUT2D eigenvalue weighted by Gasteiger charge is 2.32. The van der Waals surface area contributed by atoms with Crippen LogP contribution in [0.15, 0.2) is 0 Å². The van der Waals surface area contributed by atoms with E-state index < -0.39 is 0 Å². The van der Waals surface area contributed by atoms with Crippen molar-refractivity contribution >= 4 is 12.4 Å². The first kappa shape index (κ1) is 12.2. The quantitative estimate of drug-likeness (QED) is 0.732. The number of rotatable bonds is 2. The van der Waals surface area contributed by atoms with Crippen LogP contribution in [0.3, 0.4) is 0 Å². The van der Waals surface area contributed by atoms with E-state index in [4.69, 9.17) is 4.74 Å². The zero-order chi connectivity index (χ0) is 9.31. The maximum absolute atomic E-state index is 5.69. The molecule has 2 fully saturated rings. The summed E-state index contributed by atoms with van der Waals surface area (Å²) in [6, 6.07) is 0. The smallest absolute Gasteiger partial charge is 0.109 e. The van der Waals surface area contributed by atoms with E-state index in [1.54, 1.807) is 0 Å². The van der Waals surface area contributed by atoms with E-state index in [0.717, 1.165) is 18.9 Å². The summed E-state index contributed by atoms with van der Waals surface area (Å²) in [5, 5.41) is 6.89. The molecule has 0 spiro atoms. The molecule has 0 saturated carbocycles. The Labute approximate surface area is 92.4 Å². The molecule has 3 nitrogen and oxygen atoms in total. The van der Waals surface area contributed by atoms with Crippen LogP contribution in [0, 0.1) is 5.92 Å². The lowest BCUT2D eigenvalue weighted by molar-refractivity contribution is 0.0799. The number of hydrogen-bond acceptors (Lipinski definition) is 3. The van der Waals surface area contributed by atoms with Crippen molar-refractivity contribution in [3.8, 4) is 0 Å². The number of halogens is 1. The first-order chi connectivity index (χ1) is 6.16.